The number of nitrogens with one attached hydrogen (secondary N) is 1. The number of ether oxygens (including phenoxy) is 1. The first-order valence-corrected chi connectivity index (χ1v) is 11.8. The van der Waals surface area contributed by atoms with E-state index in [9.17, 15) is 4.79 Å². The zero-order valence-corrected chi connectivity index (χ0v) is 19.5. The Balaban J connectivity index is 1.55. The fourth-order valence-corrected chi connectivity index (χ4v) is 4.76. The predicted octanol–water partition coefficient (Wildman–Crippen LogP) is 7.10. The molecule has 0 saturated heterocycles. The van der Waals surface area contributed by atoms with Crippen molar-refractivity contribution in [2.45, 2.75) is 12.5 Å². The largest absolute Gasteiger partial charge is 0.496 e. The van der Waals surface area contributed by atoms with Crippen LogP contribution in [0.15, 0.2) is 107 Å². The molecule has 4 aromatic rings. The van der Waals surface area contributed by atoms with Crippen molar-refractivity contribution < 1.29 is 9.53 Å². The molecule has 0 radical (unpaired) electrons. The molecule has 0 spiro atoms. The van der Waals surface area contributed by atoms with Crippen LogP contribution >= 0.6 is 11.8 Å². The molecular weight excluding hydrogens is 442 g/mol. The van der Waals surface area contributed by atoms with Gasteiger partial charge < -0.3 is 10.1 Å². The van der Waals surface area contributed by atoms with Gasteiger partial charge in [0.2, 0.25) is 0 Å². The van der Waals surface area contributed by atoms with Gasteiger partial charge in [-0.3, -0.25) is 9.79 Å². The smallest absolute Gasteiger partial charge is 0.291 e. The Bertz CT molecular complexity index is 1380. The molecule has 1 atom stereocenters. The van der Waals surface area contributed by atoms with Crippen LogP contribution in [0.25, 0.3) is 10.8 Å². The number of anilines is 1. The zero-order valence-electron chi connectivity index (χ0n) is 18.6. The fourth-order valence-electron chi connectivity index (χ4n) is 4.09. The van der Waals surface area contributed by atoms with E-state index in [2.05, 4.69) is 29.6 Å². The van der Waals surface area contributed by atoms with Crippen molar-refractivity contribution in [1.82, 2.24) is 0 Å². The molecule has 0 aromatic heterocycles. The summed E-state index contributed by atoms with van der Waals surface area (Å²) in [7, 11) is 1.67. The van der Waals surface area contributed by atoms with E-state index < -0.39 is 0 Å². The number of amidine groups is 1. The van der Waals surface area contributed by atoms with Gasteiger partial charge in [-0.1, -0.05) is 78.9 Å². The van der Waals surface area contributed by atoms with E-state index in [1.807, 2.05) is 72.8 Å². The molecule has 0 aliphatic carbocycles. The van der Waals surface area contributed by atoms with Gasteiger partial charge >= 0.3 is 0 Å². The fraction of sp³-hybridized carbons (Fsp3) is 0.107. The van der Waals surface area contributed by atoms with Crippen LogP contribution in [0, 0.1) is 0 Å². The van der Waals surface area contributed by atoms with Crippen LogP contribution in [0.5, 0.6) is 5.75 Å². The second-order valence-electron chi connectivity index (χ2n) is 7.85. The average Bonchev–Trinajstić information content (AvgIpc) is 2.88. The van der Waals surface area contributed by atoms with Gasteiger partial charge in [-0.25, -0.2) is 4.99 Å². The van der Waals surface area contributed by atoms with Crippen molar-refractivity contribution in [3.63, 3.8) is 0 Å². The number of benzene rings is 4. The van der Waals surface area contributed by atoms with Crippen LogP contribution in [0.4, 0.5) is 10.5 Å². The van der Waals surface area contributed by atoms with Gasteiger partial charge in [0, 0.05) is 29.4 Å². The Morgan fingerprint density at radius 1 is 0.912 bits per heavy atom. The minimum atomic E-state index is -0.230. The maximum absolute atomic E-state index is 12.8. The van der Waals surface area contributed by atoms with E-state index in [0.29, 0.717) is 11.6 Å². The SMILES string of the molecule is COc1ccc2ccccc2c1C1=NC(SC(=O)Nc2ccccc2)=NC(c2ccccc2)C1. The molecule has 1 aliphatic rings. The van der Waals surface area contributed by atoms with Crippen molar-refractivity contribution >= 4 is 44.3 Å². The second kappa shape index (κ2) is 9.93. The lowest BCUT2D eigenvalue weighted by Gasteiger charge is -2.22. The molecule has 0 bridgehead atoms. The van der Waals surface area contributed by atoms with Crippen LogP contribution in [0.2, 0.25) is 0 Å². The number of fused-ring (bicyclic) bond motifs is 1. The normalized spacial score (nSPS) is 15.4. The summed E-state index contributed by atoms with van der Waals surface area (Å²) in [6.07, 6.45) is 0.610. The average molecular weight is 466 g/mol. The first-order chi connectivity index (χ1) is 16.7. The third-order valence-corrected chi connectivity index (χ3v) is 6.34. The minimum Gasteiger partial charge on any atom is -0.496 e. The number of rotatable bonds is 4. The Morgan fingerprint density at radius 3 is 2.38 bits per heavy atom. The van der Waals surface area contributed by atoms with Crippen LogP contribution in [0.1, 0.15) is 23.6 Å². The third-order valence-electron chi connectivity index (χ3n) is 5.67. The highest BCUT2D eigenvalue weighted by Gasteiger charge is 2.26. The number of thioether (sulfide) groups is 1. The van der Waals surface area contributed by atoms with Crippen LogP contribution in [-0.2, 0) is 0 Å². The standard InChI is InChI=1S/C28H23N3O2S/c1-33-25-17-16-19-10-8-9-15-22(19)26(25)24-18-23(20-11-4-2-5-12-20)30-27(31-24)34-28(32)29-21-13-6-3-7-14-21/h2-17,23H,18H2,1H3,(H,29,32). The van der Waals surface area contributed by atoms with Crippen LogP contribution in [0.3, 0.4) is 0 Å². The quantitative estimate of drug-likeness (QED) is 0.349. The van der Waals surface area contributed by atoms with Crippen molar-refractivity contribution in [2.75, 3.05) is 12.4 Å². The number of hydrogen-bond acceptors (Lipinski definition) is 5. The van der Waals surface area contributed by atoms with E-state index in [1.165, 1.54) is 0 Å². The molecule has 1 unspecified atom stereocenters. The number of aliphatic imine (C=N–C) groups is 2. The molecule has 0 fully saturated rings. The van der Waals surface area contributed by atoms with Gasteiger partial charge in [0.15, 0.2) is 5.17 Å². The molecule has 1 amide bonds. The highest BCUT2D eigenvalue weighted by Crippen LogP contribution is 2.36. The maximum Gasteiger partial charge on any atom is 0.291 e. The van der Waals surface area contributed by atoms with Crippen molar-refractivity contribution in [2.24, 2.45) is 9.98 Å². The predicted molar refractivity (Wildman–Crippen MR) is 141 cm³/mol. The van der Waals surface area contributed by atoms with E-state index in [4.69, 9.17) is 14.7 Å². The summed E-state index contributed by atoms with van der Waals surface area (Å²) in [5.41, 5.74) is 3.61. The third kappa shape index (κ3) is 4.72. The molecule has 34 heavy (non-hydrogen) atoms. The summed E-state index contributed by atoms with van der Waals surface area (Å²) in [6, 6.07) is 31.5. The number of carbonyl (C=O) groups is 1. The lowest BCUT2D eigenvalue weighted by Crippen LogP contribution is -2.18. The van der Waals surface area contributed by atoms with Crippen LogP contribution in [-0.4, -0.2) is 23.2 Å². The van der Waals surface area contributed by atoms with Crippen molar-refractivity contribution in [3.05, 3.63) is 108 Å². The minimum absolute atomic E-state index is 0.149. The monoisotopic (exact) mass is 465 g/mol. The van der Waals surface area contributed by atoms with E-state index >= 15 is 0 Å². The van der Waals surface area contributed by atoms with Gasteiger partial charge in [0.25, 0.3) is 5.24 Å². The van der Waals surface area contributed by atoms with Gasteiger partial charge in [-0.2, -0.15) is 0 Å². The molecule has 1 heterocycles. The first kappa shape index (κ1) is 21.9. The molecular formula is C28H23N3O2S. The van der Waals surface area contributed by atoms with E-state index in [0.717, 1.165) is 50.8 Å². The van der Waals surface area contributed by atoms with Gasteiger partial charge in [0.1, 0.15) is 5.75 Å². The number of para-hydroxylation sites is 1. The van der Waals surface area contributed by atoms with Gasteiger partial charge in [-0.15, -0.1) is 0 Å². The number of amides is 1. The Hall–Kier alpha value is -3.90. The molecule has 0 saturated carbocycles. The summed E-state index contributed by atoms with van der Waals surface area (Å²) in [4.78, 5) is 22.5. The number of methoxy groups -OCH3 is 1. The highest BCUT2D eigenvalue weighted by atomic mass is 32.2. The number of hydrogen-bond donors (Lipinski definition) is 1. The summed E-state index contributed by atoms with van der Waals surface area (Å²) in [5, 5.41) is 5.27. The van der Waals surface area contributed by atoms with Gasteiger partial charge in [-0.05, 0) is 34.5 Å². The molecule has 5 nitrogen and oxygen atoms in total. The lowest BCUT2D eigenvalue weighted by atomic mass is 9.93. The van der Waals surface area contributed by atoms with Crippen molar-refractivity contribution in [3.8, 4) is 5.75 Å². The first-order valence-electron chi connectivity index (χ1n) is 11.0. The Morgan fingerprint density at radius 2 is 1.62 bits per heavy atom. The van der Waals surface area contributed by atoms with Crippen molar-refractivity contribution in [1.29, 1.82) is 0 Å². The summed E-state index contributed by atoms with van der Waals surface area (Å²) < 4.78 is 5.74. The molecule has 4 aromatic carbocycles. The molecule has 1 aliphatic heterocycles. The highest BCUT2D eigenvalue weighted by molar-refractivity contribution is 8.26. The Kier molecular flexibility index (Phi) is 6.40. The van der Waals surface area contributed by atoms with Gasteiger partial charge in [0.05, 0.1) is 18.9 Å². The summed E-state index contributed by atoms with van der Waals surface area (Å²) in [6.45, 7) is 0. The summed E-state index contributed by atoms with van der Waals surface area (Å²) in [5.74, 6) is 0.754. The molecule has 1 N–H and O–H groups in total. The second-order valence-corrected chi connectivity index (χ2v) is 8.79. The lowest BCUT2D eigenvalue weighted by molar-refractivity contribution is 0.270. The van der Waals surface area contributed by atoms with Crippen LogP contribution < -0.4 is 10.1 Å². The van der Waals surface area contributed by atoms with E-state index in [-0.39, 0.29) is 11.3 Å². The Labute approximate surface area is 202 Å². The topological polar surface area (TPSA) is 63.0 Å². The molecule has 6 heteroatoms. The molecule has 168 valence electrons. The zero-order chi connectivity index (χ0) is 23.3. The molecule has 5 rings (SSSR count). The van der Waals surface area contributed by atoms with E-state index in [1.54, 1.807) is 7.11 Å². The number of nitrogens with zero attached hydrogens (tertiary/aromatic N) is 2. The summed E-state index contributed by atoms with van der Waals surface area (Å²) >= 11 is 1.00. The number of carbonyl (C=O) groups excluding carboxylic acids is 1. The maximum atomic E-state index is 12.8.